The number of aromatic nitrogens is 1. The van der Waals surface area contributed by atoms with E-state index in [0.29, 0.717) is 0 Å². The van der Waals surface area contributed by atoms with Gasteiger partial charge in [-0.05, 0) is 19.1 Å². The van der Waals surface area contributed by atoms with Gasteiger partial charge in [0.05, 0.1) is 37.4 Å². The third kappa shape index (κ3) is 4.48. The number of amides is 1. The first-order valence-corrected chi connectivity index (χ1v) is 7.76. The molecule has 27 heavy (non-hydrogen) atoms. The molecule has 0 spiro atoms. The molecule has 10 heteroatoms. The molecule has 142 valence electrons. The van der Waals surface area contributed by atoms with E-state index in [1.165, 1.54) is 38.6 Å². The number of carbonyl (C=O) groups is 2. The van der Waals surface area contributed by atoms with Gasteiger partial charge < -0.3 is 19.5 Å². The first-order valence-electron chi connectivity index (χ1n) is 7.76. The average Bonchev–Trinajstić information content (AvgIpc) is 2.67. The molecule has 10 nitrogen and oxygen atoms in total. The minimum Gasteiger partial charge on any atom is -0.493 e. The number of nitrogens with one attached hydrogen (secondary N) is 1. The summed E-state index contributed by atoms with van der Waals surface area (Å²) in [7, 11) is 2.67. The molecule has 1 N–H and O–H groups in total. The van der Waals surface area contributed by atoms with Crippen LogP contribution < -0.4 is 14.8 Å². The van der Waals surface area contributed by atoms with Crippen LogP contribution in [0.5, 0.6) is 11.5 Å². The minimum atomic E-state index is -0.795. The number of hydrogen-bond donors (Lipinski definition) is 1. The summed E-state index contributed by atoms with van der Waals surface area (Å²) in [6.45, 7) is 1.86. The van der Waals surface area contributed by atoms with Crippen molar-refractivity contribution in [1.29, 1.82) is 0 Å². The Morgan fingerprint density at radius 1 is 1.19 bits per heavy atom. The first-order chi connectivity index (χ1) is 12.9. The van der Waals surface area contributed by atoms with Crippen LogP contribution in [-0.4, -0.2) is 42.6 Å². The number of nitro benzene ring substituents is 1. The number of methoxy groups -OCH3 is 2. The van der Waals surface area contributed by atoms with Crippen LogP contribution >= 0.6 is 0 Å². The normalized spacial score (nSPS) is 10.0. The number of rotatable bonds is 7. The summed E-state index contributed by atoms with van der Waals surface area (Å²) in [5.41, 5.74) is -0.531. The standard InChI is InChI=1S/C17H17N3O7/c1-4-27-17(22)10-5-6-18-15(7-10)19-16(21)11-8-13(25-2)14(26-3)9-12(11)20(23)24/h5-9H,4H2,1-3H3,(H,18,19,21). The minimum absolute atomic E-state index is 0.0367. The van der Waals surface area contributed by atoms with Crippen LogP contribution in [0.3, 0.4) is 0 Å². The lowest BCUT2D eigenvalue weighted by atomic mass is 10.1. The van der Waals surface area contributed by atoms with Crippen LogP contribution in [0.15, 0.2) is 30.5 Å². The SMILES string of the molecule is CCOC(=O)c1ccnc(NC(=O)c2cc(OC)c(OC)cc2[N+](=O)[O-])c1. The number of benzene rings is 1. The van der Waals surface area contributed by atoms with Crippen LogP contribution in [-0.2, 0) is 4.74 Å². The van der Waals surface area contributed by atoms with Crippen LogP contribution in [0.1, 0.15) is 27.6 Å². The molecule has 0 saturated heterocycles. The van der Waals surface area contributed by atoms with Gasteiger partial charge in [-0.15, -0.1) is 0 Å². The summed E-state index contributed by atoms with van der Waals surface area (Å²) in [4.78, 5) is 38.9. The molecule has 0 unspecified atom stereocenters. The largest absolute Gasteiger partial charge is 0.493 e. The topological polar surface area (TPSA) is 130 Å². The number of hydrogen-bond acceptors (Lipinski definition) is 8. The molecule has 0 aliphatic carbocycles. The molecule has 1 aromatic heterocycles. The van der Waals surface area contributed by atoms with Gasteiger partial charge in [0.15, 0.2) is 11.5 Å². The molecule has 1 aromatic carbocycles. The van der Waals surface area contributed by atoms with Crippen molar-refractivity contribution in [2.75, 3.05) is 26.1 Å². The van der Waals surface area contributed by atoms with Crippen LogP contribution in [0.4, 0.5) is 11.5 Å². The van der Waals surface area contributed by atoms with Gasteiger partial charge in [-0.2, -0.15) is 0 Å². The van der Waals surface area contributed by atoms with Gasteiger partial charge in [-0.1, -0.05) is 0 Å². The molecule has 0 aliphatic heterocycles. The zero-order valence-electron chi connectivity index (χ0n) is 14.8. The molecule has 0 saturated carbocycles. The molecule has 0 aliphatic rings. The van der Waals surface area contributed by atoms with E-state index in [1.54, 1.807) is 6.92 Å². The van der Waals surface area contributed by atoms with Crippen LogP contribution in [0.25, 0.3) is 0 Å². The van der Waals surface area contributed by atoms with E-state index in [9.17, 15) is 19.7 Å². The van der Waals surface area contributed by atoms with Crippen LogP contribution in [0.2, 0.25) is 0 Å². The van der Waals surface area contributed by atoms with Gasteiger partial charge in [0, 0.05) is 12.3 Å². The second kappa shape index (κ2) is 8.61. The molecule has 0 atom stereocenters. The summed E-state index contributed by atoms with van der Waals surface area (Å²) in [5.74, 6) is -1.07. The van der Waals surface area contributed by atoms with Gasteiger partial charge in [0.2, 0.25) is 0 Å². The highest BCUT2D eigenvalue weighted by atomic mass is 16.6. The maximum Gasteiger partial charge on any atom is 0.338 e. The molecule has 2 rings (SSSR count). The molecular formula is C17H17N3O7. The van der Waals surface area contributed by atoms with Gasteiger partial charge in [0.1, 0.15) is 11.4 Å². The predicted molar refractivity (Wildman–Crippen MR) is 94.3 cm³/mol. The Hall–Kier alpha value is -3.69. The third-order valence-electron chi connectivity index (χ3n) is 3.46. The number of esters is 1. The van der Waals surface area contributed by atoms with Crippen LogP contribution in [0, 0.1) is 10.1 Å². The van der Waals surface area contributed by atoms with Crippen molar-refractivity contribution in [2.24, 2.45) is 0 Å². The van der Waals surface area contributed by atoms with E-state index in [1.807, 2.05) is 0 Å². The van der Waals surface area contributed by atoms with Crippen molar-refractivity contribution in [1.82, 2.24) is 4.98 Å². The lowest BCUT2D eigenvalue weighted by Gasteiger charge is -2.11. The zero-order chi connectivity index (χ0) is 20.0. The number of nitro groups is 1. The second-order valence-electron chi connectivity index (χ2n) is 5.09. The molecule has 1 amide bonds. The fraction of sp³-hybridized carbons (Fsp3) is 0.235. The van der Waals surface area contributed by atoms with Gasteiger partial charge in [0.25, 0.3) is 11.6 Å². The number of ether oxygens (including phenoxy) is 3. The summed E-state index contributed by atoms with van der Waals surface area (Å²) < 4.78 is 15.0. The Balaban J connectivity index is 2.37. The fourth-order valence-electron chi connectivity index (χ4n) is 2.23. The van der Waals surface area contributed by atoms with Gasteiger partial charge in [-0.3, -0.25) is 14.9 Å². The molecule has 1 heterocycles. The summed E-state index contributed by atoms with van der Waals surface area (Å²) in [6.07, 6.45) is 1.31. The van der Waals surface area contributed by atoms with Crippen molar-refractivity contribution >= 4 is 23.4 Å². The van der Waals surface area contributed by atoms with Gasteiger partial charge in [-0.25, -0.2) is 9.78 Å². The van der Waals surface area contributed by atoms with Crippen molar-refractivity contribution in [3.8, 4) is 11.5 Å². The Morgan fingerprint density at radius 2 is 1.85 bits per heavy atom. The number of anilines is 1. The van der Waals surface area contributed by atoms with E-state index in [-0.39, 0.29) is 35.1 Å². The number of carbonyl (C=O) groups excluding carboxylic acids is 2. The highest BCUT2D eigenvalue weighted by molar-refractivity contribution is 6.07. The van der Waals surface area contributed by atoms with E-state index in [0.717, 1.165) is 6.07 Å². The molecule has 0 radical (unpaired) electrons. The molecule has 2 aromatic rings. The molecular weight excluding hydrogens is 358 g/mol. The lowest BCUT2D eigenvalue weighted by Crippen LogP contribution is -2.16. The highest BCUT2D eigenvalue weighted by Crippen LogP contribution is 2.34. The predicted octanol–water partition coefficient (Wildman–Crippen LogP) is 2.44. The maximum atomic E-state index is 12.5. The summed E-state index contributed by atoms with van der Waals surface area (Å²) >= 11 is 0. The lowest BCUT2D eigenvalue weighted by molar-refractivity contribution is -0.385. The van der Waals surface area contributed by atoms with Gasteiger partial charge >= 0.3 is 5.97 Å². The maximum absolute atomic E-state index is 12.5. The fourth-order valence-corrected chi connectivity index (χ4v) is 2.23. The summed E-state index contributed by atoms with van der Waals surface area (Å²) in [5, 5.41) is 13.7. The summed E-state index contributed by atoms with van der Waals surface area (Å²) in [6, 6.07) is 5.02. The zero-order valence-corrected chi connectivity index (χ0v) is 14.8. The molecule has 0 fully saturated rings. The van der Waals surface area contributed by atoms with E-state index in [4.69, 9.17) is 14.2 Å². The second-order valence-corrected chi connectivity index (χ2v) is 5.09. The third-order valence-corrected chi connectivity index (χ3v) is 3.46. The Kier molecular flexibility index (Phi) is 6.26. The van der Waals surface area contributed by atoms with Crippen molar-refractivity contribution in [2.45, 2.75) is 6.92 Å². The average molecular weight is 375 g/mol. The monoisotopic (exact) mass is 375 g/mol. The van der Waals surface area contributed by atoms with E-state index in [2.05, 4.69) is 10.3 Å². The van der Waals surface area contributed by atoms with Crippen molar-refractivity contribution in [3.05, 3.63) is 51.7 Å². The number of nitrogens with zero attached hydrogens (tertiary/aromatic N) is 2. The Bertz CT molecular complexity index is 883. The first kappa shape index (κ1) is 19.6. The van der Waals surface area contributed by atoms with E-state index < -0.39 is 22.5 Å². The smallest absolute Gasteiger partial charge is 0.338 e. The van der Waals surface area contributed by atoms with E-state index >= 15 is 0 Å². The molecule has 0 bridgehead atoms. The van der Waals surface area contributed by atoms with Crippen molar-refractivity contribution in [3.63, 3.8) is 0 Å². The highest BCUT2D eigenvalue weighted by Gasteiger charge is 2.25. The quantitative estimate of drug-likeness (QED) is 0.444. The van der Waals surface area contributed by atoms with Crippen molar-refractivity contribution < 1.29 is 28.7 Å². The Morgan fingerprint density at radius 3 is 2.44 bits per heavy atom. The Labute approximate surface area is 154 Å². The number of pyridine rings is 1.